The Morgan fingerprint density at radius 3 is 2.50 bits per heavy atom. The fourth-order valence-corrected chi connectivity index (χ4v) is 2.08. The van der Waals surface area contributed by atoms with Gasteiger partial charge in [-0.1, -0.05) is 19.8 Å². The summed E-state index contributed by atoms with van der Waals surface area (Å²) in [5.74, 6) is -0.598. The highest BCUT2D eigenvalue weighted by Gasteiger charge is 2.14. The number of carboxylic acids is 1. The molecule has 0 radical (unpaired) electrons. The first-order chi connectivity index (χ1) is 9.51. The van der Waals surface area contributed by atoms with E-state index in [1.165, 1.54) is 0 Å². The number of ether oxygens (including phenoxy) is 1. The highest BCUT2D eigenvalue weighted by molar-refractivity contribution is 5.81. The molecular weight excluding hydrogens is 260 g/mol. The molecule has 2 atom stereocenters. The average molecular weight is 288 g/mol. The normalized spacial score (nSPS) is 13.8. The third kappa shape index (κ3) is 9.75. The quantitative estimate of drug-likeness (QED) is 0.500. The van der Waals surface area contributed by atoms with Gasteiger partial charge in [0.05, 0.1) is 6.04 Å². The number of carbonyl (C=O) groups excluding carboxylic acids is 1. The third-order valence-corrected chi connectivity index (χ3v) is 3.28. The van der Waals surface area contributed by atoms with Gasteiger partial charge in [-0.2, -0.15) is 0 Å². The Morgan fingerprint density at radius 1 is 1.25 bits per heavy atom. The van der Waals surface area contributed by atoms with E-state index in [1.807, 2.05) is 0 Å². The first-order valence-electron chi connectivity index (χ1n) is 7.25. The van der Waals surface area contributed by atoms with E-state index in [2.05, 4.69) is 12.2 Å². The van der Waals surface area contributed by atoms with E-state index in [0.29, 0.717) is 31.9 Å². The minimum absolute atomic E-state index is 0.171. The highest BCUT2D eigenvalue weighted by atomic mass is 16.5. The van der Waals surface area contributed by atoms with Crippen LogP contribution in [-0.2, 0) is 14.3 Å². The molecule has 6 nitrogen and oxygen atoms in total. The van der Waals surface area contributed by atoms with Crippen molar-refractivity contribution < 1.29 is 19.4 Å². The molecule has 0 aliphatic carbocycles. The predicted octanol–water partition coefficient (Wildman–Crippen LogP) is 1.14. The summed E-state index contributed by atoms with van der Waals surface area (Å²) in [5.41, 5.74) is 5.71. The number of rotatable bonds is 12. The van der Waals surface area contributed by atoms with Gasteiger partial charge in [-0.25, -0.2) is 0 Å². The van der Waals surface area contributed by atoms with Crippen molar-refractivity contribution in [2.24, 2.45) is 11.7 Å². The Kier molecular flexibility index (Phi) is 11.0. The summed E-state index contributed by atoms with van der Waals surface area (Å²) in [6.07, 6.45) is 4.15. The van der Waals surface area contributed by atoms with Gasteiger partial charge >= 0.3 is 5.97 Å². The summed E-state index contributed by atoms with van der Waals surface area (Å²) in [4.78, 5) is 22.3. The molecular formula is C14H28N2O4. The van der Waals surface area contributed by atoms with Gasteiger partial charge in [0.25, 0.3) is 0 Å². The molecule has 2 unspecified atom stereocenters. The SMILES string of the molecule is CCCC(CCNC(=O)C(N)CCOC)CCC(=O)O. The molecule has 1 amide bonds. The average Bonchev–Trinajstić information content (AvgIpc) is 2.41. The van der Waals surface area contributed by atoms with Crippen molar-refractivity contribution >= 4 is 11.9 Å². The van der Waals surface area contributed by atoms with Crippen molar-refractivity contribution in [2.45, 2.75) is 51.5 Å². The molecule has 20 heavy (non-hydrogen) atoms. The van der Waals surface area contributed by atoms with E-state index in [-0.39, 0.29) is 12.3 Å². The maximum absolute atomic E-state index is 11.7. The summed E-state index contributed by atoms with van der Waals surface area (Å²) < 4.78 is 4.88. The van der Waals surface area contributed by atoms with Crippen LogP contribution in [0.3, 0.4) is 0 Å². The van der Waals surface area contributed by atoms with Gasteiger partial charge in [0.15, 0.2) is 0 Å². The lowest BCUT2D eigenvalue weighted by atomic mass is 9.94. The van der Waals surface area contributed by atoms with Crippen molar-refractivity contribution in [3.63, 3.8) is 0 Å². The van der Waals surface area contributed by atoms with Gasteiger partial charge in [-0.05, 0) is 25.2 Å². The maximum atomic E-state index is 11.7. The summed E-state index contributed by atoms with van der Waals surface area (Å²) in [6, 6.07) is -0.543. The van der Waals surface area contributed by atoms with E-state index < -0.39 is 12.0 Å². The van der Waals surface area contributed by atoms with Crippen LogP contribution in [-0.4, -0.2) is 43.3 Å². The summed E-state index contributed by atoms with van der Waals surface area (Å²) in [5, 5.41) is 11.5. The fraction of sp³-hybridized carbons (Fsp3) is 0.857. The summed E-state index contributed by atoms with van der Waals surface area (Å²) in [6.45, 7) is 3.09. The van der Waals surface area contributed by atoms with E-state index >= 15 is 0 Å². The molecule has 4 N–H and O–H groups in total. The molecule has 0 rings (SSSR count). The van der Waals surface area contributed by atoms with Gasteiger partial charge in [-0.15, -0.1) is 0 Å². The van der Waals surface area contributed by atoms with E-state index in [1.54, 1.807) is 7.11 Å². The lowest BCUT2D eigenvalue weighted by Crippen LogP contribution is -2.41. The molecule has 0 spiro atoms. The molecule has 0 fully saturated rings. The predicted molar refractivity (Wildman–Crippen MR) is 77.4 cm³/mol. The molecule has 0 saturated carbocycles. The second kappa shape index (κ2) is 11.7. The number of aliphatic carboxylic acids is 1. The van der Waals surface area contributed by atoms with Crippen LogP contribution in [0.25, 0.3) is 0 Å². The Morgan fingerprint density at radius 2 is 1.95 bits per heavy atom. The minimum atomic E-state index is -0.767. The molecule has 118 valence electrons. The Bertz CT molecular complexity index is 284. The zero-order valence-corrected chi connectivity index (χ0v) is 12.6. The van der Waals surface area contributed by atoms with Crippen molar-refractivity contribution in [1.82, 2.24) is 5.32 Å². The molecule has 0 heterocycles. The smallest absolute Gasteiger partial charge is 0.303 e. The highest BCUT2D eigenvalue weighted by Crippen LogP contribution is 2.17. The summed E-state index contributed by atoms with van der Waals surface area (Å²) in [7, 11) is 1.57. The topological polar surface area (TPSA) is 102 Å². The van der Waals surface area contributed by atoms with Crippen molar-refractivity contribution in [3.8, 4) is 0 Å². The molecule has 0 aliphatic rings. The lowest BCUT2D eigenvalue weighted by molar-refractivity contribution is -0.137. The first-order valence-corrected chi connectivity index (χ1v) is 7.25. The van der Waals surface area contributed by atoms with Crippen molar-refractivity contribution in [1.29, 1.82) is 0 Å². The maximum Gasteiger partial charge on any atom is 0.303 e. The van der Waals surface area contributed by atoms with Crippen LogP contribution >= 0.6 is 0 Å². The van der Waals surface area contributed by atoms with Crippen LogP contribution in [0, 0.1) is 5.92 Å². The number of hydrogen-bond donors (Lipinski definition) is 3. The van der Waals surface area contributed by atoms with Crippen molar-refractivity contribution in [3.05, 3.63) is 0 Å². The number of hydrogen-bond acceptors (Lipinski definition) is 4. The zero-order chi connectivity index (χ0) is 15.4. The molecule has 0 saturated heterocycles. The standard InChI is InChI=1S/C14H28N2O4/c1-3-4-11(5-6-13(17)18)7-9-16-14(19)12(15)8-10-20-2/h11-12H,3-10,15H2,1-2H3,(H,16,19)(H,17,18). The van der Waals surface area contributed by atoms with Crippen LogP contribution in [0.15, 0.2) is 0 Å². The van der Waals surface area contributed by atoms with Gasteiger partial charge in [0.2, 0.25) is 5.91 Å². The van der Waals surface area contributed by atoms with Crippen LogP contribution in [0.2, 0.25) is 0 Å². The fourth-order valence-electron chi connectivity index (χ4n) is 2.08. The third-order valence-electron chi connectivity index (χ3n) is 3.28. The molecule has 0 aromatic rings. The second-order valence-corrected chi connectivity index (χ2v) is 5.05. The van der Waals surface area contributed by atoms with E-state index in [0.717, 1.165) is 19.3 Å². The van der Waals surface area contributed by atoms with Crippen LogP contribution in [0.5, 0.6) is 0 Å². The zero-order valence-electron chi connectivity index (χ0n) is 12.6. The largest absolute Gasteiger partial charge is 0.481 e. The lowest BCUT2D eigenvalue weighted by Gasteiger charge is -2.17. The Hall–Kier alpha value is -1.14. The van der Waals surface area contributed by atoms with Gasteiger partial charge in [-0.3, -0.25) is 9.59 Å². The van der Waals surface area contributed by atoms with Gasteiger partial charge in [0.1, 0.15) is 0 Å². The number of carboxylic acid groups (broad SMARTS) is 1. The molecule has 0 aromatic heterocycles. The monoisotopic (exact) mass is 288 g/mol. The van der Waals surface area contributed by atoms with Crippen LogP contribution < -0.4 is 11.1 Å². The molecule has 0 bridgehead atoms. The van der Waals surface area contributed by atoms with E-state index in [9.17, 15) is 9.59 Å². The van der Waals surface area contributed by atoms with E-state index in [4.69, 9.17) is 15.6 Å². The van der Waals surface area contributed by atoms with Gasteiger partial charge < -0.3 is 20.9 Å². The molecule has 6 heteroatoms. The molecule has 0 aromatic carbocycles. The van der Waals surface area contributed by atoms with Crippen LogP contribution in [0.1, 0.15) is 45.4 Å². The van der Waals surface area contributed by atoms with Crippen LogP contribution in [0.4, 0.5) is 0 Å². The van der Waals surface area contributed by atoms with Gasteiger partial charge in [0, 0.05) is 26.7 Å². The number of methoxy groups -OCH3 is 1. The number of amides is 1. The Labute approximate surface area is 121 Å². The minimum Gasteiger partial charge on any atom is -0.481 e. The molecule has 0 aliphatic heterocycles. The number of nitrogens with one attached hydrogen (secondary N) is 1. The number of nitrogens with two attached hydrogens (primary N) is 1. The number of carbonyl (C=O) groups is 2. The second-order valence-electron chi connectivity index (χ2n) is 5.05. The Balaban J connectivity index is 3.91. The first kappa shape index (κ1) is 18.9. The van der Waals surface area contributed by atoms with Crippen molar-refractivity contribution in [2.75, 3.05) is 20.3 Å². The summed E-state index contributed by atoms with van der Waals surface area (Å²) >= 11 is 0.